The van der Waals surface area contributed by atoms with Gasteiger partial charge in [-0.2, -0.15) is 0 Å². The van der Waals surface area contributed by atoms with Crippen molar-refractivity contribution in [3.05, 3.63) is 201 Å². The lowest BCUT2D eigenvalue weighted by molar-refractivity contribution is -0.154. The predicted octanol–water partition coefficient (Wildman–Crippen LogP) is 9.47. The monoisotopic (exact) mass is 911 g/mol. The lowest BCUT2D eigenvalue weighted by Gasteiger charge is -2.48. The lowest BCUT2D eigenvalue weighted by Crippen LogP contribution is -2.70. The van der Waals surface area contributed by atoms with E-state index in [9.17, 15) is 19.2 Å². The third-order valence-electron chi connectivity index (χ3n) is 10.2. The van der Waals surface area contributed by atoms with Crippen molar-refractivity contribution < 1.29 is 33.5 Å². The zero-order chi connectivity index (χ0) is 44.8. The second-order valence-corrected chi connectivity index (χ2v) is 18.4. The van der Waals surface area contributed by atoms with Crippen LogP contribution in [0.3, 0.4) is 0 Å². The van der Waals surface area contributed by atoms with Crippen LogP contribution in [-0.2, 0) is 34.3 Å². The summed E-state index contributed by atoms with van der Waals surface area (Å²) in [6.45, 7) is 5.16. The highest BCUT2D eigenvalue weighted by Crippen LogP contribution is 2.42. The molecule has 3 heterocycles. The Bertz CT molecular complexity index is 2560. The quantitative estimate of drug-likeness (QED) is 0.0380. The van der Waals surface area contributed by atoms with Gasteiger partial charge in [0.1, 0.15) is 32.7 Å². The Hall–Kier alpha value is -6.74. The van der Waals surface area contributed by atoms with Crippen molar-refractivity contribution in [2.75, 3.05) is 11.1 Å². The fourth-order valence-electron chi connectivity index (χ4n) is 7.37. The summed E-state index contributed by atoms with van der Waals surface area (Å²) < 4.78 is 11.5. The summed E-state index contributed by atoms with van der Waals surface area (Å²) >= 11 is 9.07. The number of nitrogens with one attached hydrogen (secondary N) is 2. The molecule has 2 aliphatic heterocycles. The third-order valence-corrected chi connectivity index (χ3v) is 12.6. The number of ether oxygens (including phenoxy) is 2. The highest BCUT2D eigenvalue weighted by molar-refractivity contribution is 8.00. The van der Waals surface area contributed by atoms with E-state index in [1.807, 2.05) is 152 Å². The molecular formula is C49H42ClN5O7S2. The smallest absolute Gasteiger partial charge is 0.413 e. The van der Waals surface area contributed by atoms with Gasteiger partial charge in [0.2, 0.25) is 5.60 Å². The number of rotatable bonds is 13. The molecule has 2 N–H and O–H groups in total. The molecule has 0 aliphatic carbocycles. The minimum absolute atomic E-state index is 0.00115. The summed E-state index contributed by atoms with van der Waals surface area (Å²) in [5.41, 5.74) is 0.996. The average molecular weight is 912 g/mol. The molecule has 2 aliphatic rings. The molecule has 324 valence electrons. The van der Waals surface area contributed by atoms with Crippen LogP contribution in [-0.4, -0.2) is 62.2 Å². The maximum atomic E-state index is 14.7. The molecule has 6 aromatic rings. The van der Waals surface area contributed by atoms with E-state index in [0.29, 0.717) is 22.4 Å². The molecule has 1 saturated heterocycles. The molecule has 2 unspecified atom stereocenters. The van der Waals surface area contributed by atoms with E-state index in [4.69, 9.17) is 25.9 Å². The zero-order valence-electron chi connectivity index (χ0n) is 34.8. The Labute approximate surface area is 383 Å². The standard InChI is InChI=1S/C49H42ClN5O7S2/c1-48(2,3)61-47(59)53-46-52-37(41(50)64-46)38(54-62-49(33-23-13-6-14-24-33,34-25-15-7-16-26-34)35-27-17-8-18-28-35)42(56)51-39-43(57)55-36(29-30-63-44(39)55)45(58)60-40(31-19-9-4-10-20-31)32-21-11-5-12-22-32/h4-29,39-40,44H,30H2,1-3H3,(H,51,56)(H,52,53,59). The van der Waals surface area contributed by atoms with E-state index in [1.54, 1.807) is 26.8 Å². The molecule has 3 amide bonds. The Morgan fingerprint density at radius 2 is 1.28 bits per heavy atom. The van der Waals surface area contributed by atoms with Gasteiger partial charge < -0.3 is 19.6 Å². The largest absolute Gasteiger partial charge is 0.448 e. The average Bonchev–Trinajstić information content (AvgIpc) is 3.67. The molecule has 15 heteroatoms. The van der Waals surface area contributed by atoms with Crippen LogP contribution in [0.4, 0.5) is 9.93 Å². The molecular weight excluding hydrogens is 870 g/mol. The summed E-state index contributed by atoms with van der Waals surface area (Å²) in [5.74, 6) is -1.70. The minimum Gasteiger partial charge on any atom is -0.448 e. The van der Waals surface area contributed by atoms with Crippen molar-refractivity contribution in [3.8, 4) is 0 Å². The number of halogens is 1. The van der Waals surface area contributed by atoms with E-state index in [2.05, 4.69) is 20.8 Å². The Morgan fingerprint density at radius 1 is 0.781 bits per heavy atom. The van der Waals surface area contributed by atoms with Gasteiger partial charge in [-0.1, -0.05) is 180 Å². The maximum Gasteiger partial charge on any atom is 0.413 e. The first-order valence-electron chi connectivity index (χ1n) is 20.3. The number of nitrogens with zero attached hydrogens (tertiary/aromatic N) is 3. The molecule has 1 aromatic heterocycles. The molecule has 0 saturated carbocycles. The van der Waals surface area contributed by atoms with Crippen molar-refractivity contribution in [2.45, 2.75) is 49.5 Å². The number of aromatic nitrogens is 1. The van der Waals surface area contributed by atoms with Gasteiger partial charge in [-0.3, -0.25) is 19.8 Å². The van der Waals surface area contributed by atoms with Gasteiger partial charge in [0.05, 0.1) is 0 Å². The molecule has 8 rings (SSSR count). The molecule has 2 atom stereocenters. The first-order valence-corrected chi connectivity index (χ1v) is 22.5. The zero-order valence-corrected chi connectivity index (χ0v) is 37.2. The van der Waals surface area contributed by atoms with Crippen molar-refractivity contribution in [1.29, 1.82) is 0 Å². The van der Waals surface area contributed by atoms with Crippen LogP contribution in [0.25, 0.3) is 0 Å². The van der Waals surface area contributed by atoms with Gasteiger partial charge in [0, 0.05) is 22.4 Å². The summed E-state index contributed by atoms with van der Waals surface area (Å²) in [4.78, 5) is 68.1. The number of amides is 3. The van der Waals surface area contributed by atoms with Crippen LogP contribution in [0.2, 0.25) is 4.34 Å². The van der Waals surface area contributed by atoms with Crippen molar-refractivity contribution in [3.63, 3.8) is 0 Å². The van der Waals surface area contributed by atoms with E-state index in [1.165, 1.54) is 16.7 Å². The van der Waals surface area contributed by atoms with E-state index in [-0.39, 0.29) is 26.6 Å². The summed E-state index contributed by atoms with van der Waals surface area (Å²) in [6, 6.07) is 45.9. The van der Waals surface area contributed by atoms with Crippen LogP contribution < -0.4 is 10.6 Å². The molecule has 0 radical (unpaired) electrons. The van der Waals surface area contributed by atoms with Crippen LogP contribution in [0.5, 0.6) is 0 Å². The Kier molecular flexibility index (Phi) is 13.0. The van der Waals surface area contributed by atoms with Gasteiger partial charge in [-0.25, -0.2) is 14.6 Å². The van der Waals surface area contributed by atoms with Gasteiger partial charge in [0.25, 0.3) is 11.8 Å². The fraction of sp³-hybridized carbons (Fsp3) is 0.184. The molecule has 12 nitrogen and oxygen atoms in total. The number of carbonyl (C=O) groups excluding carboxylic acids is 4. The first-order chi connectivity index (χ1) is 30.9. The summed E-state index contributed by atoms with van der Waals surface area (Å²) in [6.07, 6.45) is 0.134. The first kappa shape index (κ1) is 43.9. The Balaban J connectivity index is 1.12. The number of hydrogen-bond acceptors (Lipinski definition) is 11. The maximum absolute atomic E-state index is 14.7. The van der Waals surface area contributed by atoms with Gasteiger partial charge in [-0.15, -0.1) is 11.8 Å². The number of hydrogen-bond donors (Lipinski definition) is 2. The number of thioether (sulfide) groups is 1. The number of fused-ring (bicyclic) bond motifs is 1. The molecule has 64 heavy (non-hydrogen) atoms. The number of β-lactam (4-membered cyclic amide) rings is 1. The van der Waals surface area contributed by atoms with Crippen LogP contribution in [0, 0.1) is 0 Å². The van der Waals surface area contributed by atoms with Crippen molar-refractivity contribution in [2.24, 2.45) is 5.16 Å². The highest BCUT2D eigenvalue weighted by Gasteiger charge is 2.54. The second kappa shape index (κ2) is 18.9. The van der Waals surface area contributed by atoms with Gasteiger partial charge in [-0.05, 0) is 38.0 Å². The Morgan fingerprint density at radius 3 is 1.78 bits per heavy atom. The SMILES string of the molecule is CC(C)(C)OC(=O)Nc1nc(C(=NOC(c2ccccc2)(c2ccccc2)c2ccccc2)C(=O)NC2C(=O)N3C(C(=O)OC(c4ccccc4)c4ccccc4)=CCSC23)c(Cl)s1. The third kappa shape index (κ3) is 9.30. The number of esters is 1. The van der Waals surface area contributed by atoms with Gasteiger partial charge in [0.15, 0.2) is 16.9 Å². The topological polar surface area (TPSA) is 149 Å². The number of thiazole rings is 1. The number of carbonyl (C=O) groups is 4. The normalized spacial score (nSPS) is 16.2. The van der Waals surface area contributed by atoms with Crippen LogP contribution in [0.1, 0.15) is 60.4 Å². The summed E-state index contributed by atoms with van der Waals surface area (Å²) in [7, 11) is 0. The number of anilines is 1. The van der Waals surface area contributed by atoms with Gasteiger partial charge >= 0.3 is 12.1 Å². The van der Waals surface area contributed by atoms with Crippen LogP contribution >= 0.6 is 34.7 Å². The molecule has 0 spiro atoms. The summed E-state index contributed by atoms with van der Waals surface area (Å²) in [5, 5.41) is 9.37. The molecule has 5 aromatic carbocycles. The second-order valence-electron chi connectivity index (χ2n) is 15.7. The molecule has 0 bridgehead atoms. The predicted molar refractivity (Wildman–Crippen MR) is 248 cm³/mol. The lowest BCUT2D eigenvalue weighted by atomic mass is 9.80. The van der Waals surface area contributed by atoms with Crippen LogP contribution in [0.15, 0.2) is 169 Å². The van der Waals surface area contributed by atoms with Crippen molar-refractivity contribution >= 4 is 69.4 Å². The van der Waals surface area contributed by atoms with E-state index in [0.717, 1.165) is 22.5 Å². The molecule has 1 fully saturated rings. The fourth-order valence-corrected chi connectivity index (χ4v) is 9.59. The van der Waals surface area contributed by atoms with E-state index < -0.39 is 52.6 Å². The van der Waals surface area contributed by atoms with Crippen molar-refractivity contribution in [1.82, 2.24) is 15.2 Å². The van der Waals surface area contributed by atoms with E-state index >= 15 is 0 Å². The minimum atomic E-state index is -1.41. The number of benzene rings is 5. The highest BCUT2D eigenvalue weighted by atomic mass is 35.5. The number of oxime groups is 1.